The number of ether oxygens (including phenoxy) is 3. The molecule has 0 aliphatic heterocycles. The second-order valence-electron chi connectivity index (χ2n) is 4.53. The van der Waals surface area contributed by atoms with E-state index in [1.807, 2.05) is 24.3 Å². The van der Waals surface area contributed by atoms with Crippen LogP contribution in [0.1, 0.15) is 16.8 Å². The average Bonchev–Trinajstić information content (AvgIpc) is 2.56. The van der Waals surface area contributed by atoms with E-state index >= 15 is 0 Å². The van der Waals surface area contributed by atoms with Crippen LogP contribution in [0, 0.1) is 3.57 Å². The lowest BCUT2D eigenvalue weighted by Crippen LogP contribution is -2.05. The van der Waals surface area contributed by atoms with Gasteiger partial charge in [0.15, 0.2) is 11.5 Å². The van der Waals surface area contributed by atoms with Crippen molar-refractivity contribution in [3.63, 3.8) is 0 Å². The summed E-state index contributed by atoms with van der Waals surface area (Å²) in [7, 11) is 1.55. The molecule has 2 aromatic carbocycles. The Labute approximate surface area is 143 Å². The van der Waals surface area contributed by atoms with Crippen LogP contribution in [0.5, 0.6) is 17.2 Å². The van der Waals surface area contributed by atoms with Gasteiger partial charge in [0, 0.05) is 15.6 Å². The zero-order valence-electron chi connectivity index (χ0n) is 12.3. The van der Waals surface area contributed by atoms with Crippen molar-refractivity contribution in [3.05, 3.63) is 51.6 Å². The first kappa shape index (κ1) is 16.6. The van der Waals surface area contributed by atoms with Crippen LogP contribution < -0.4 is 14.2 Å². The lowest BCUT2D eigenvalue weighted by atomic mass is 10.2. The summed E-state index contributed by atoms with van der Waals surface area (Å²) in [4.78, 5) is 10.7. The van der Waals surface area contributed by atoms with E-state index in [-0.39, 0.29) is 0 Å². The molecular weight excluding hydrogens is 395 g/mol. The van der Waals surface area contributed by atoms with Crippen LogP contribution in [0.2, 0.25) is 0 Å². The molecule has 5 heteroatoms. The highest BCUT2D eigenvalue weighted by Gasteiger charge is 2.05. The number of hydrogen-bond donors (Lipinski definition) is 0. The Balaban J connectivity index is 1.76. The Hall–Kier alpha value is -1.76. The molecule has 2 rings (SSSR count). The van der Waals surface area contributed by atoms with Crippen LogP contribution in [-0.4, -0.2) is 26.6 Å². The van der Waals surface area contributed by atoms with Gasteiger partial charge in [0.25, 0.3) is 0 Å². The topological polar surface area (TPSA) is 44.8 Å². The predicted molar refractivity (Wildman–Crippen MR) is 93.1 cm³/mol. The summed E-state index contributed by atoms with van der Waals surface area (Å²) in [5.74, 6) is 2.04. The fourth-order valence-corrected chi connectivity index (χ4v) is 2.20. The molecule has 0 N–H and O–H groups in total. The summed E-state index contributed by atoms with van der Waals surface area (Å²) in [5.41, 5.74) is 0.561. The minimum absolute atomic E-state index is 0.515. The van der Waals surface area contributed by atoms with Gasteiger partial charge in [-0.25, -0.2) is 0 Å². The quantitative estimate of drug-likeness (QED) is 0.374. The molecule has 0 atom stereocenters. The van der Waals surface area contributed by atoms with Gasteiger partial charge in [-0.3, -0.25) is 4.79 Å². The van der Waals surface area contributed by atoms with Crippen molar-refractivity contribution >= 4 is 28.9 Å². The number of aldehydes is 1. The van der Waals surface area contributed by atoms with E-state index in [2.05, 4.69) is 22.6 Å². The third-order valence-corrected chi connectivity index (χ3v) is 3.67. The molecule has 0 fully saturated rings. The highest BCUT2D eigenvalue weighted by molar-refractivity contribution is 14.1. The second kappa shape index (κ2) is 8.63. The van der Waals surface area contributed by atoms with E-state index in [4.69, 9.17) is 14.2 Å². The zero-order valence-corrected chi connectivity index (χ0v) is 14.4. The summed E-state index contributed by atoms with van der Waals surface area (Å²) in [6, 6.07) is 13.0. The molecule has 0 aliphatic carbocycles. The van der Waals surface area contributed by atoms with Crippen LogP contribution in [0.15, 0.2) is 42.5 Å². The number of carbonyl (C=O) groups is 1. The van der Waals surface area contributed by atoms with Gasteiger partial charge in [0.05, 0.1) is 20.3 Å². The minimum Gasteiger partial charge on any atom is -0.493 e. The molecule has 0 spiro atoms. The van der Waals surface area contributed by atoms with Crippen molar-refractivity contribution in [1.29, 1.82) is 0 Å². The standard InChI is InChI=1S/C17H17IO4/c1-20-17-11-13(12-19)3-8-16(17)22-10-2-9-21-15-6-4-14(18)5-7-15/h3-8,11-12H,2,9-10H2,1H3. The average molecular weight is 412 g/mol. The SMILES string of the molecule is COc1cc(C=O)ccc1OCCCOc1ccc(I)cc1. The number of rotatable bonds is 8. The molecule has 0 saturated carbocycles. The third-order valence-electron chi connectivity index (χ3n) is 2.95. The summed E-state index contributed by atoms with van der Waals surface area (Å²) < 4.78 is 17.7. The Bertz CT molecular complexity index is 611. The maximum atomic E-state index is 10.7. The molecule has 0 saturated heterocycles. The predicted octanol–water partition coefficient (Wildman–Crippen LogP) is 3.96. The summed E-state index contributed by atoms with van der Waals surface area (Å²) in [5, 5.41) is 0. The molecule has 2 aromatic rings. The number of halogens is 1. The van der Waals surface area contributed by atoms with Crippen LogP contribution in [0.4, 0.5) is 0 Å². The maximum Gasteiger partial charge on any atom is 0.161 e. The molecule has 116 valence electrons. The van der Waals surface area contributed by atoms with Gasteiger partial charge >= 0.3 is 0 Å². The lowest BCUT2D eigenvalue weighted by Gasteiger charge is -2.11. The summed E-state index contributed by atoms with van der Waals surface area (Å²) >= 11 is 2.26. The van der Waals surface area contributed by atoms with Crippen LogP contribution >= 0.6 is 22.6 Å². The fourth-order valence-electron chi connectivity index (χ4n) is 1.84. The van der Waals surface area contributed by atoms with Gasteiger partial charge in [-0.1, -0.05) is 0 Å². The number of benzene rings is 2. The molecular formula is C17H17IO4. The van der Waals surface area contributed by atoms with E-state index < -0.39 is 0 Å². The molecule has 4 nitrogen and oxygen atoms in total. The Morgan fingerprint density at radius 1 is 1.00 bits per heavy atom. The highest BCUT2D eigenvalue weighted by Crippen LogP contribution is 2.27. The molecule has 0 aromatic heterocycles. The van der Waals surface area contributed by atoms with Gasteiger partial charge < -0.3 is 14.2 Å². The summed E-state index contributed by atoms with van der Waals surface area (Å²) in [6.45, 7) is 1.09. The summed E-state index contributed by atoms with van der Waals surface area (Å²) in [6.07, 6.45) is 1.53. The van der Waals surface area contributed by atoms with Crippen molar-refractivity contribution in [2.75, 3.05) is 20.3 Å². The van der Waals surface area contributed by atoms with Crippen molar-refractivity contribution in [2.24, 2.45) is 0 Å². The first-order valence-electron chi connectivity index (χ1n) is 6.87. The highest BCUT2D eigenvalue weighted by atomic mass is 127. The fraction of sp³-hybridized carbons (Fsp3) is 0.235. The minimum atomic E-state index is 0.515. The zero-order chi connectivity index (χ0) is 15.8. The number of carbonyl (C=O) groups excluding carboxylic acids is 1. The van der Waals surface area contributed by atoms with Crippen LogP contribution in [0.3, 0.4) is 0 Å². The lowest BCUT2D eigenvalue weighted by molar-refractivity contribution is 0.112. The number of methoxy groups -OCH3 is 1. The Morgan fingerprint density at radius 2 is 1.73 bits per heavy atom. The van der Waals surface area contributed by atoms with Crippen LogP contribution in [-0.2, 0) is 0 Å². The first-order chi connectivity index (χ1) is 10.7. The van der Waals surface area contributed by atoms with E-state index in [1.54, 1.807) is 25.3 Å². The molecule has 0 aliphatic rings. The third kappa shape index (κ3) is 4.91. The van der Waals surface area contributed by atoms with Crippen molar-refractivity contribution in [1.82, 2.24) is 0 Å². The van der Waals surface area contributed by atoms with Crippen molar-refractivity contribution in [3.8, 4) is 17.2 Å². The van der Waals surface area contributed by atoms with Crippen LogP contribution in [0.25, 0.3) is 0 Å². The Kier molecular flexibility index (Phi) is 6.51. The molecule has 0 heterocycles. The van der Waals surface area contributed by atoms with Gasteiger partial charge in [-0.2, -0.15) is 0 Å². The first-order valence-corrected chi connectivity index (χ1v) is 7.95. The smallest absolute Gasteiger partial charge is 0.161 e. The van der Waals surface area contributed by atoms with E-state index in [9.17, 15) is 4.79 Å². The molecule has 0 unspecified atom stereocenters. The van der Waals surface area contributed by atoms with Gasteiger partial charge in [0.2, 0.25) is 0 Å². The monoisotopic (exact) mass is 412 g/mol. The molecule has 22 heavy (non-hydrogen) atoms. The van der Waals surface area contributed by atoms with Gasteiger partial charge in [0.1, 0.15) is 12.0 Å². The molecule has 0 bridgehead atoms. The van der Waals surface area contributed by atoms with Gasteiger partial charge in [-0.15, -0.1) is 0 Å². The van der Waals surface area contributed by atoms with Crippen molar-refractivity contribution in [2.45, 2.75) is 6.42 Å². The van der Waals surface area contributed by atoms with Gasteiger partial charge in [-0.05, 0) is 65.1 Å². The normalized spacial score (nSPS) is 10.1. The van der Waals surface area contributed by atoms with E-state index in [0.717, 1.165) is 18.5 Å². The second-order valence-corrected chi connectivity index (χ2v) is 5.78. The Morgan fingerprint density at radius 3 is 2.41 bits per heavy atom. The molecule has 0 amide bonds. The molecule has 0 radical (unpaired) electrons. The van der Waals surface area contributed by atoms with Crippen molar-refractivity contribution < 1.29 is 19.0 Å². The number of hydrogen-bond acceptors (Lipinski definition) is 4. The van der Waals surface area contributed by atoms with E-state index in [1.165, 1.54) is 3.57 Å². The van der Waals surface area contributed by atoms with E-state index in [0.29, 0.717) is 30.3 Å². The largest absolute Gasteiger partial charge is 0.493 e. The maximum absolute atomic E-state index is 10.7.